The monoisotopic (exact) mass is 298 g/mol. The van der Waals surface area contributed by atoms with Gasteiger partial charge in [0.2, 0.25) is 0 Å². The van der Waals surface area contributed by atoms with E-state index in [1.807, 2.05) is 5.32 Å². The minimum Gasteiger partial charge on any atom is -0.397 e. The Kier molecular flexibility index (Phi) is 4.72. The zero-order valence-corrected chi connectivity index (χ0v) is 10.5. The van der Waals surface area contributed by atoms with Crippen LogP contribution in [0.3, 0.4) is 0 Å². The summed E-state index contributed by atoms with van der Waals surface area (Å²) in [6.07, 6.45) is 0. The second kappa shape index (κ2) is 5.69. The number of amides is 1. The molecule has 1 aromatic carbocycles. The van der Waals surface area contributed by atoms with Gasteiger partial charge in [0, 0.05) is 5.56 Å². The Bertz CT molecular complexity index is 446. The second-order valence-corrected chi connectivity index (χ2v) is 4.34. The third-order valence-corrected chi connectivity index (χ3v) is 2.87. The number of anilines is 1. The number of hydrogen-bond acceptors (Lipinski definition) is 3. The van der Waals surface area contributed by atoms with E-state index in [2.05, 4.69) is 0 Å². The summed E-state index contributed by atoms with van der Waals surface area (Å²) in [6.45, 7) is -2.33. The first-order chi connectivity index (χ1) is 8.26. The molecule has 0 aliphatic carbocycles. The molecule has 0 heterocycles. The summed E-state index contributed by atoms with van der Waals surface area (Å²) >= 11 is 11.4. The molecule has 1 aromatic rings. The number of alkyl halides is 2. The fraction of sp³-hybridized carbons (Fsp3) is 0.300. The maximum Gasteiger partial charge on any atom is 0.287 e. The summed E-state index contributed by atoms with van der Waals surface area (Å²) in [5, 5.41) is 10.4. The quantitative estimate of drug-likeness (QED) is 0.744. The van der Waals surface area contributed by atoms with Crippen LogP contribution in [-0.2, 0) is 0 Å². The molecule has 0 fully saturated rings. The molecule has 0 saturated carbocycles. The Hall–Kier alpha value is -1.11. The molecule has 0 unspecified atom stereocenters. The van der Waals surface area contributed by atoms with Crippen LogP contribution in [0.15, 0.2) is 12.1 Å². The van der Waals surface area contributed by atoms with Crippen molar-refractivity contribution in [3.8, 4) is 0 Å². The highest BCUT2D eigenvalue weighted by Gasteiger charge is 2.28. The second-order valence-electron chi connectivity index (χ2n) is 3.56. The predicted molar refractivity (Wildman–Crippen MR) is 65.2 cm³/mol. The van der Waals surface area contributed by atoms with Gasteiger partial charge < -0.3 is 16.2 Å². The molecule has 8 heteroatoms. The normalized spacial score (nSPS) is 11.4. The highest BCUT2D eigenvalue weighted by Crippen LogP contribution is 2.29. The first kappa shape index (κ1) is 14.9. The molecule has 100 valence electrons. The van der Waals surface area contributed by atoms with Gasteiger partial charge in [0.1, 0.15) is 6.61 Å². The van der Waals surface area contributed by atoms with Crippen LogP contribution in [0.4, 0.5) is 14.5 Å². The van der Waals surface area contributed by atoms with Crippen molar-refractivity contribution in [2.24, 2.45) is 0 Å². The lowest BCUT2D eigenvalue weighted by Crippen LogP contribution is -2.39. The van der Waals surface area contributed by atoms with Gasteiger partial charge in [-0.3, -0.25) is 4.79 Å². The van der Waals surface area contributed by atoms with Crippen molar-refractivity contribution in [2.75, 3.05) is 18.9 Å². The molecule has 0 aliphatic rings. The Morgan fingerprint density at radius 2 is 2.06 bits per heavy atom. The van der Waals surface area contributed by atoms with Crippen LogP contribution in [0.5, 0.6) is 0 Å². The number of rotatable bonds is 4. The first-order valence-electron chi connectivity index (χ1n) is 4.78. The minimum absolute atomic E-state index is 0.00985. The van der Waals surface area contributed by atoms with Gasteiger partial charge in [0.25, 0.3) is 11.8 Å². The lowest BCUT2D eigenvalue weighted by atomic mass is 10.2. The Labute approximate surface area is 112 Å². The van der Waals surface area contributed by atoms with Gasteiger partial charge in [-0.1, -0.05) is 23.2 Å². The number of nitrogen functional groups attached to an aromatic ring is 1. The Morgan fingerprint density at radius 1 is 1.44 bits per heavy atom. The van der Waals surface area contributed by atoms with E-state index in [9.17, 15) is 13.6 Å². The lowest BCUT2D eigenvalue weighted by molar-refractivity contribution is -0.0462. The third-order valence-electron chi connectivity index (χ3n) is 2.06. The van der Waals surface area contributed by atoms with E-state index in [1.165, 1.54) is 12.1 Å². The molecular weight excluding hydrogens is 289 g/mol. The van der Waals surface area contributed by atoms with Gasteiger partial charge in [-0.2, -0.15) is 0 Å². The maximum absolute atomic E-state index is 12.7. The molecule has 4 N–H and O–H groups in total. The van der Waals surface area contributed by atoms with E-state index < -0.39 is 25.0 Å². The molecule has 0 aliphatic heterocycles. The number of carbonyl (C=O) groups is 1. The largest absolute Gasteiger partial charge is 0.397 e. The highest BCUT2D eigenvalue weighted by molar-refractivity contribution is 6.43. The Morgan fingerprint density at radius 3 is 2.56 bits per heavy atom. The van der Waals surface area contributed by atoms with Crippen molar-refractivity contribution in [3.05, 3.63) is 27.7 Å². The summed E-state index contributed by atoms with van der Waals surface area (Å²) < 4.78 is 25.4. The van der Waals surface area contributed by atoms with Crippen LogP contribution < -0.4 is 11.1 Å². The third kappa shape index (κ3) is 3.69. The molecule has 0 radical (unpaired) electrons. The van der Waals surface area contributed by atoms with Gasteiger partial charge in [-0.25, -0.2) is 8.78 Å². The highest BCUT2D eigenvalue weighted by atomic mass is 35.5. The van der Waals surface area contributed by atoms with Crippen LogP contribution in [0.1, 0.15) is 10.4 Å². The molecule has 0 saturated heterocycles. The van der Waals surface area contributed by atoms with Crippen molar-refractivity contribution in [1.29, 1.82) is 0 Å². The van der Waals surface area contributed by atoms with Crippen LogP contribution in [0, 0.1) is 0 Å². The van der Waals surface area contributed by atoms with E-state index in [1.54, 1.807) is 0 Å². The van der Waals surface area contributed by atoms with E-state index in [4.69, 9.17) is 34.0 Å². The van der Waals surface area contributed by atoms with E-state index in [-0.39, 0.29) is 21.3 Å². The summed E-state index contributed by atoms with van der Waals surface area (Å²) in [6, 6.07) is 2.44. The summed E-state index contributed by atoms with van der Waals surface area (Å²) in [7, 11) is 0. The maximum atomic E-state index is 12.7. The average Bonchev–Trinajstić information content (AvgIpc) is 2.32. The number of benzene rings is 1. The summed E-state index contributed by atoms with van der Waals surface area (Å²) in [5.74, 6) is -4.16. The number of aliphatic hydroxyl groups excluding tert-OH is 1. The molecule has 0 atom stereocenters. The molecule has 1 amide bonds. The average molecular weight is 299 g/mol. The molecule has 0 spiro atoms. The first-order valence-corrected chi connectivity index (χ1v) is 5.54. The number of carbonyl (C=O) groups excluding carboxylic acids is 1. The van der Waals surface area contributed by atoms with Gasteiger partial charge >= 0.3 is 0 Å². The van der Waals surface area contributed by atoms with E-state index in [0.29, 0.717) is 0 Å². The minimum atomic E-state index is -3.38. The van der Waals surface area contributed by atoms with Crippen molar-refractivity contribution >= 4 is 34.8 Å². The van der Waals surface area contributed by atoms with E-state index in [0.717, 1.165) is 0 Å². The Balaban J connectivity index is 2.80. The number of aliphatic hydroxyl groups is 1. The van der Waals surface area contributed by atoms with Crippen LogP contribution >= 0.6 is 23.2 Å². The molecule has 1 rings (SSSR count). The van der Waals surface area contributed by atoms with Crippen molar-refractivity contribution in [3.63, 3.8) is 0 Å². The fourth-order valence-corrected chi connectivity index (χ4v) is 1.44. The molecule has 0 bridgehead atoms. The van der Waals surface area contributed by atoms with Crippen LogP contribution in [0.25, 0.3) is 0 Å². The van der Waals surface area contributed by atoms with E-state index >= 15 is 0 Å². The fourth-order valence-electron chi connectivity index (χ4n) is 1.11. The van der Waals surface area contributed by atoms with Crippen molar-refractivity contribution in [1.82, 2.24) is 5.32 Å². The summed E-state index contributed by atoms with van der Waals surface area (Å²) in [5.41, 5.74) is 5.57. The van der Waals surface area contributed by atoms with Gasteiger partial charge in [0.15, 0.2) is 0 Å². The van der Waals surface area contributed by atoms with Crippen LogP contribution in [0.2, 0.25) is 10.0 Å². The van der Waals surface area contributed by atoms with Crippen molar-refractivity contribution < 1.29 is 18.7 Å². The zero-order chi connectivity index (χ0) is 13.9. The van der Waals surface area contributed by atoms with Gasteiger partial charge in [-0.15, -0.1) is 0 Å². The molecule has 18 heavy (non-hydrogen) atoms. The topological polar surface area (TPSA) is 75.4 Å². The number of hydrogen-bond donors (Lipinski definition) is 3. The number of halogens is 4. The van der Waals surface area contributed by atoms with Crippen LogP contribution in [-0.4, -0.2) is 30.1 Å². The SMILES string of the molecule is Nc1cc(C(=O)NCC(F)(F)CO)cc(Cl)c1Cl. The van der Waals surface area contributed by atoms with Crippen molar-refractivity contribution in [2.45, 2.75) is 5.92 Å². The zero-order valence-electron chi connectivity index (χ0n) is 9.01. The molecular formula is C10H10Cl2F2N2O2. The van der Waals surface area contributed by atoms with Gasteiger partial charge in [-0.05, 0) is 12.1 Å². The molecule has 0 aromatic heterocycles. The smallest absolute Gasteiger partial charge is 0.287 e. The summed E-state index contributed by atoms with van der Waals surface area (Å²) in [4.78, 5) is 11.5. The number of nitrogens with two attached hydrogens (primary N) is 1. The number of nitrogens with one attached hydrogen (secondary N) is 1. The lowest BCUT2D eigenvalue weighted by Gasteiger charge is -2.14. The standard InChI is InChI=1S/C10H10Cl2F2N2O2/c11-6-1-5(2-7(15)8(6)12)9(18)16-3-10(13,14)4-17/h1-2,17H,3-4,15H2,(H,16,18). The predicted octanol–water partition coefficient (Wildman–Crippen LogP) is 1.93. The molecule has 4 nitrogen and oxygen atoms in total. The van der Waals surface area contributed by atoms with Gasteiger partial charge in [0.05, 0.1) is 22.3 Å².